The average Bonchev–Trinajstić information content (AvgIpc) is 3.15. The largest absolute Gasteiger partial charge is 0.461 e. The van der Waals surface area contributed by atoms with Crippen LogP contribution < -0.4 is 5.32 Å². The van der Waals surface area contributed by atoms with Crippen molar-refractivity contribution in [3.63, 3.8) is 0 Å². The number of rotatable bonds is 12. The van der Waals surface area contributed by atoms with Gasteiger partial charge in [-0.05, 0) is 62.3 Å². The summed E-state index contributed by atoms with van der Waals surface area (Å²) in [4.78, 5) is 41.7. The van der Waals surface area contributed by atoms with Gasteiger partial charge in [0.25, 0.3) is 5.91 Å². The SMILES string of the molecule is CCN(CC)CCOC(=O)c1ccc(NC(=O)CCCN2C(=O)C(=Cc3ccc(C)cc3)SC2=S)cc1. The van der Waals surface area contributed by atoms with Gasteiger partial charge in [0.05, 0.1) is 10.5 Å². The Morgan fingerprint density at radius 3 is 2.41 bits per heavy atom. The molecule has 1 N–H and O–H groups in total. The molecule has 0 unspecified atom stereocenters. The molecular weight excluding hydrogens is 506 g/mol. The van der Waals surface area contributed by atoms with Crippen LogP contribution in [0.2, 0.25) is 0 Å². The summed E-state index contributed by atoms with van der Waals surface area (Å²) in [6, 6.07) is 14.6. The molecule has 2 aromatic carbocycles. The Morgan fingerprint density at radius 2 is 1.76 bits per heavy atom. The van der Waals surface area contributed by atoms with Crippen molar-refractivity contribution in [3.8, 4) is 0 Å². The van der Waals surface area contributed by atoms with Crippen LogP contribution in [-0.2, 0) is 14.3 Å². The number of benzene rings is 2. The Labute approximate surface area is 228 Å². The lowest BCUT2D eigenvalue weighted by molar-refractivity contribution is -0.122. The normalized spacial score (nSPS) is 14.5. The summed E-state index contributed by atoms with van der Waals surface area (Å²) in [5.74, 6) is -0.685. The molecule has 7 nitrogen and oxygen atoms in total. The van der Waals surface area contributed by atoms with E-state index < -0.39 is 0 Å². The highest BCUT2D eigenvalue weighted by Gasteiger charge is 2.31. The molecule has 37 heavy (non-hydrogen) atoms. The monoisotopic (exact) mass is 539 g/mol. The number of ether oxygens (including phenoxy) is 1. The number of amides is 2. The summed E-state index contributed by atoms with van der Waals surface area (Å²) >= 11 is 6.67. The first kappa shape index (κ1) is 28.6. The van der Waals surface area contributed by atoms with Crippen LogP contribution in [0.4, 0.5) is 5.69 Å². The Balaban J connectivity index is 1.42. The molecular formula is C28H33N3O4S2. The lowest BCUT2D eigenvalue weighted by Crippen LogP contribution is -2.29. The van der Waals surface area contributed by atoms with Crippen LogP contribution in [0.3, 0.4) is 0 Å². The van der Waals surface area contributed by atoms with Gasteiger partial charge in [0.1, 0.15) is 10.9 Å². The first-order valence-electron chi connectivity index (χ1n) is 12.4. The predicted octanol–water partition coefficient (Wildman–Crippen LogP) is 5.11. The fourth-order valence-corrected chi connectivity index (χ4v) is 5.02. The lowest BCUT2D eigenvalue weighted by Gasteiger charge is -2.17. The molecule has 0 atom stereocenters. The highest BCUT2D eigenvalue weighted by molar-refractivity contribution is 8.26. The Morgan fingerprint density at radius 1 is 1.08 bits per heavy atom. The van der Waals surface area contributed by atoms with Gasteiger partial charge in [-0.2, -0.15) is 0 Å². The highest BCUT2D eigenvalue weighted by Crippen LogP contribution is 2.32. The summed E-state index contributed by atoms with van der Waals surface area (Å²) in [7, 11) is 0. The van der Waals surface area contributed by atoms with Gasteiger partial charge in [-0.25, -0.2) is 4.79 Å². The average molecular weight is 540 g/mol. The molecule has 2 aromatic rings. The Hall–Kier alpha value is -3.01. The van der Waals surface area contributed by atoms with Crippen LogP contribution in [0.25, 0.3) is 6.08 Å². The summed E-state index contributed by atoms with van der Waals surface area (Å²) in [5, 5.41) is 2.82. The molecule has 0 aliphatic carbocycles. The van der Waals surface area contributed by atoms with E-state index in [4.69, 9.17) is 17.0 Å². The second-order valence-corrected chi connectivity index (χ2v) is 10.3. The van der Waals surface area contributed by atoms with Crippen molar-refractivity contribution in [1.29, 1.82) is 0 Å². The second kappa shape index (κ2) is 14.1. The molecule has 2 amide bonds. The molecule has 1 aliphatic heterocycles. The molecule has 0 spiro atoms. The van der Waals surface area contributed by atoms with Gasteiger partial charge >= 0.3 is 5.97 Å². The third-order valence-corrected chi connectivity index (χ3v) is 7.35. The maximum atomic E-state index is 12.8. The van der Waals surface area contributed by atoms with Gasteiger partial charge < -0.3 is 15.0 Å². The quantitative estimate of drug-likeness (QED) is 0.228. The van der Waals surface area contributed by atoms with Gasteiger partial charge in [-0.15, -0.1) is 0 Å². The van der Waals surface area contributed by atoms with Crippen LogP contribution in [0, 0.1) is 6.92 Å². The molecule has 1 fully saturated rings. The van der Waals surface area contributed by atoms with Crippen molar-refractivity contribution < 1.29 is 19.1 Å². The van der Waals surface area contributed by atoms with E-state index in [2.05, 4.69) is 24.1 Å². The number of anilines is 1. The topological polar surface area (TPSA) is 79.0 Å². The molecule has 1 heterocycles. The number of hydrogen-bond donors (Lipinski definition) is 1. The Kier molecular flexibility index (Phi) is 10.9. The summed E-state index contributed by atoms with van der Waals surface area (Å²) in [5.41, 5.74) is 3.13. The molecule has 9 heteroatoms. The minimum atomic E-state index is -0.384. The molecule has 0 aromatic heterocycles. The van der Waals surface area contributed by atoms with Gasteiger partial charge in [-0.1, -0.05) is 67.7 Å². The van der Waals surface area contributed by atoms with E-state index in [-0.39, 0.29) is 24.2 Å². The molecule has 0 bridgehead atoms. The third kappa shape index (κ3) is 8.52. The van der Waals surface area contributed by atoms with Crippen molar-refractivity contribution in [3.05, 3.63) is 70.1 Å². The van der Waals surface area contributed by atoms with Crippen molar-refractivity contribution in [2.24, 2.45) is 0 Å². The fourth-order valence-electron chi connectivity index (χ4n) is 3.71. The zero-order chi connectivity index (χ0) is 26.8. The van der Waals surface area contributed by atoms with E-state index in [9.17, 15) is 14.4 Å². The van der Waals surface area contributed by atoms with Crippen molar-refractivity contribution >= 4 is 57.8 Å². The first-order chi connectivity index (χ1) is 17.8. The number of thioether (sulfide) groups is 1. The summed E-state index contributed by atoms with van der Waals surface area (Å²) < 4.78 is 5.83. The Bertz CT molecular complexity index is 1140. The molecule has 0 radical (unpaired) electrons. The van der Waals surface area contributed by atoms with E-state index in [0.717, 1.165) is 24.2 Å². The minimum absolute atomic E-state index is 0.129. The molecule has 1 saturated heterocycles. The summed E-state index contributed by atoms with van der Waals surface area (Å²) in [6.45, 7) is 9.39. The minimum Gasteiger partial charge on any atom is -0.461 e. The number of carbonyl (C=O) groups excluding carboxylic acids is 3. The molecule has 3 rings (SSSR count). The first-order valence-corrected chi connectivity index (χ1v) is 13.6. The van der Waals surface area contributed by atoms with Gasteiger partial charge in [0, 0.05) is 25.2 Å². The number of hydrogen-bond acceptors (Lipinski definition) is 7. The maximum Gasteiger partial charge on any atom is 0.338 e. The molecule has 196 valence electrons. The third-order valence-electron chi connectivity index (χ3n) is 5.97. The van der Waals surface area contributed by atoms with Gasteiger partial charge in [0.15, 0.2) is 0 Å². The van der Waals surface area contributed by atoms with Crippen LogP contribution in [0.15, 0.2) is 53.4 Å². The molecule has 0 saturated carbocycles. The van der Waals surface area contributed by atoms with Crippen LogP contribution in [-0.4, -0.2) is 64.7 Å². The van der Waals surface area contributed by atoms with Crippen LogP contribution in [0.5, 0.6) is 0 Å². The number of thiocarbonyl (C=S) groups is 1. The number of esters is 1. The number of aryl methyl sites for hydroxylation is 1. The maximum absolute atomic E-state index is 12.8. The fraction of sp³-hybridized carbons (Fsp3) is 0.357. The standard InChI is InChI=1S/C28H33N3O4S2/c1-4-30(5-2)17-18-35-27(34)22-12-14-23(15-13-22)29-25(32)7-6-16-31-26(33)24(37-28(31)36)19-21-10-8-20(3)9-11-21/h8-15,19H,4-7,16-18H2,1-3H3,(H,29,32). The van der Waals surface area contributed by atoms with Crippen molar-refractivity contribution in [1.82, 2.24) is 9.80 Å². The smallest absolute Gasteiger partial charge is 0.338 e. The van der Waals surface area contributed by atoms with E-state index >= 15 is 0 Å². The summed E-state index contributed by atoms with van der Waals surface area (Å²) in [6.07, 6.45) is 2.56. The van der Waals surface area contributed by atoms with E-state index in [0.29, 0.717) is 46.6 Å². The number of likely N-dealkylation sites (N-methyl/N-ethyl adjacent to an activating group) is 1. The number of nitrogens with one attached hydrogen (secondary N) is 1. The second-order valence-electron chi connectivity index (χ2n) is 8.64. The zero-order valence-corrected chi connectivity index (χ0v) is 23.1. The zero-order valence-electron chi connectivity index (χ0n) is 21.5. The number of nitrogens with zero attached hydrogens (tertiary/aromatic N) is 2. The van der Waals surface area contributed by atoms with Gasteiger partial charge in [-0.3, -0.25) is 14.5 Å². The van der Waals surface area contributed by atoms with Crippen molar-refractivity contribution in [2.75, 3.05) is 38.1 Å². The van der Waals surface area contributed by atoms with Crippen LogP contribution >= 0.6 is 24.0 Å². The highest BCUT2D eigenvalue weighted by atomic mass is 32.2. The molecule has 1 aliphatic rings. The van der Waals surface area contributed by atoms with Crippen molar-refractivity contribution in [2.45, 2.75) is 33.6 Å². The van der Waals surface area contributed by atoms with E-state index in [1.807, 2.05) is 37.3 Å². The van der Waals surface area contributed by atoms with Gasteiger partial charge in [0.2, 0.25) is 5.91 Å². The predicted molar refractivity (Wildman–Crippen MR) is 153 cm³/mol. The number of carbonyl (C=O) groups is 3. The van der Waals surface area contributed by atoms with E-state index in [1.165, 1.54) is 11.8 Å². The van der Waals surface area contributed by atoms with E-state index in [1.54, 1.807) is 29.2 Å². The van der Waals surface area contributed by atoms with Crippen LogP contribution in [0.1, 0.15) is 48.2 Å². The lowest BCUT2D eigenvalue weighted by atomic mass is 10.1.